The van der Waals surface area contributed by atoms with Gasteiger partial charge in [0.1, 0.15) is 11.4 Å². The van der Waals surface area contributed by atoms with E-state index in [-0.39, 0.29) is 17.4 Å². The quantitative estimate of drug-likeness (QED) is 0.691. The SMILES string of the molecule is CC(C)NSc1c(Cl)c(C(=O)Nc2ccnc(C(F)F)c2)n2c1CCC2. The Morgan fingerprint density at radius 1 is 1.42 bits per heavy atom. The molecule has 3 rings (SSSR count). The molecular formula is C17H19ClF2N4OS. The van der Waals surface area contributed by atoms with Gasteiger partial charge in [0.2, 0.25) is 0 Å². The number of rotatable bonds is 6. The fourth-order valence-electron chi connectivity index (χ4n) is 2.85. The lowest BCUT2D eigenvalue weighted by Gasteiger charge is -2.09. The number of fused-ring (bicyclic) bond motifs is 1. The number of nitrogens with zero attached hydrogens (tertiary/aromatic N) is 2. The molecule has 1 aliphatic rings. The Morgan fingerprint density at radius 2 is 2.19 bits per heavy atom. The first-order valence-corrected chi connectivity index (χ1v) is 9.46. The minimum atomic E-state index is -2.70. The number of pyridine rings is 1. The monoisotopic (exact) mass is 400 g/mol. The highest BCUT2D eigenvalue weighted by atomic mass is 35.5. The average Bonchev–Trinajstić information content (AvgIpc) is 3.13. The molecule has 0 bridgehead atoms. The van der Waals surface area contributed by atoms with Crippen molar-refractivity contribution in [3.63, 3.8) is 0 Å². The molecular weight excluding hydrogens is 382 g/mol. The van der Waals surface area contributed by atoms with Crippen molar-refractivity contribution in [2.45, 2.75) is 50.6 Å². The molecule has 0 aliphatic carbocycles. The molecule has 0 saturated heterocycles. The number of aromatic nitrogens is 2. The van der Waals surface area contributed by atoms with Gasteiger partial charge < -0.3 is 9.88 Å². The van der Waals surface area contributed by atoms with E-state index in [1.165, 1.54) is 30.3 Å². The van der Waals surface area contributed by atoms with Gasteiger partial charge in [-0.2, -0.15) is 0 Å². The summed E-state index contributed by atoms with van der Waals surface area (Å²) in [5.74, 6) is -0.416. The molecule has 0 atom stereocenters. The molecule has 9 heteroatoms. The number of halogens is 3. The summed E-state index contributed by atoms with van der Waals surface area (Å²) in [7, 11) is 0. The molecule has 2 aromatic heterocycles. The molecule has 0 unspecified atom stereocenters. The topological polar surface area (TPSA) is 59.0 Å². The maximum atomic E-state index is 12.8. The minimum Gasteiger partial charge on any atom is -0.338 e. The van der Waals surface area contributed by atoms with Crippen molar-refractivity contribution < 1.29 is 13.6 Å². The predicted octanol–water partition coefficient (Wildman–Crippen LogP) is 4.68. The predicted molar refractivity (Wildman–Crippen MR) is 99.0 cm³/mol. The van der Waals surface area contributed by atoms with E-state index in [2.05, 4.69) is 15.0 Å². The summed E-state index contributed by atoms with van der Waals surface area (Å²) in [4.78, 5) is 17.2. The van der Waals surface area contributed by atoms with Gasteiger partial charge in [-0.1, -0.05) is 11.6 Å². The van der Waals surface area contributed by atoms with Crippen molar-refractivity contribution in [1.29, 1.82) is 0 Å². The number of amides is 1. The maximum Gasteiger partial charge on any atom is 0.280 e. The normalized spacial score (nSPS) is 13.5. The average molecular weight is 401 g/mol. The van der Waals surface area contributed by atoms with Gasteiger partial charge in [0.25, 0.3) is 12.3 Å². The van der Waals surface area contributed by atoms with E-state index in [1.807, 2.05) is 18.4 Å². The fourth-order valence-corrected chi connectivity index (χ4v) is 4.13. The van der Waals surface area contributed by atoms with Crippen LogP contribution in [-0.4, -0.2) is 21.5 Å². The zero-order valence-corrected chi connectivity index (χ0v) is 15.9. The molecule has 1 aliphatic heterocycles. The highest BCUT2D eigenvalue weighted by Gasteiger charge is 2.29. The highest BCUT2D eigenvalue weighted by molar-refractivity contribution is 7.97. The summed E-state index contributed by atoms with van der Waals surface area (Å²) in [6.07, 6.45) is 0.333. The van der Waals surface area contributed by atoms with Gasteiger partial charge in [0.05, 0.1) is 9.92 Å². The molecule has 2 aromatic rings. The lowest BCUT2D eigenvalue weighted by Crippen LogP contribution is -2.17. The van der Waals surface area contributed by atoms with Crippen LogP contribution in [0, 0.1) is 0 Å². The first-order valence-electron chi connectivity index (χ1n) is 8.27. The Labute approximate surface area is 159 Å². The smallest absolute Gasteiger partial charge is 0.280 e. The number of carbonyl (C=O) groups excluding carboxylic acids is 1. The number of anilines is 1. The van der Waals surface area contributed by atoms with Gasteiger partial charge in [-0.05, 0) is 50.8 Å². The zero-order valence-electron chi connectivity index (χ0n) is 14.4. The van der Waals surface area contributed by atoms with Crippen LogP contribution in [0.5, 0.6) is 0 Å². The molecule has 1 amide bonds. The third-order valence-corrected chi connectivity index (χ3v) is 5.65. The molecule has 0 spiro atoms. The molecule has 140 valence electrons. The summed E-state index contributed by atoms with van der Waals surface area (Å²) < 4.78 is 30.8. The van der Waals surface area contributed by atoms with E-state index in [4.69, 9.17) is 11.6 Å². The van der Waals surface area contributed by atoms with E-state index in [9.17, 15) is 13.6 Å². The first-order chi connectivity index (χ1) is 12.4. The Balaban J connectivity index is 1.88. The van der Waals surface area contributed by atoms with Crippen molar-refractivity contribution in [2.75, 3.05) is 5.32 Å². The van der Waals surface area contributed by atoms with Gasteiger partial charge in [-0.15, -0.1) is 0 Å². The lowest BCUT2D eigenvalue weighted by molar-refractivity contribution is 0.101. The Morgan fingerprint density at radius 3 is 2.88 bits per heavy atom. The third kappa shape index (κ3) is 3.87. The van der Waals surface area contributed by atoms with Gasteiger partial charge in [0.15, 0.2) is 0 Å². The third-order valence-electron chi connectivity index (χ3n) is 3.93. The fraction of sp³-hybridized carbons (Fsp3) is 0.412. The van der Waals surface area contributed by atoms with Crippen LogP contribution in [0.4, 0.5) is 14.5 Å². The molecule has 0 saturated carbocycles. The summed E-state index contributed by atoms with van der Waals surface area (Å²) >= 11 is 7.92. The van der Waals surface area contributed by atoms with Crippen LogP contribution in [-0.2, 0) is 13.0 Å². The standard InChI is InChI=1S/C17H19ClF2N4OS/c1-9(2)23-26-15-12-4-3-7-24(12)14(13(15)18)17(25)22-10-5-6-21-11(8-10)16(19)20/h5-6,8-9,16,23H,3-4,7H2,1-2H3,(H,21,22,25). The van der Waals surface area contributed by atoms with Crippen molar-refractivity contribution in [2.24, 2.45) is 0 Å². The van der Waals surface area contributed by atoms with Crippen LogP contribution in [0.1, 0.15) is 48.6 Å². The van der Waals surface area contributed by atoms with Gasteiger partial charge in [-0.25, -0.2) is 8.78 Å². The molecule has 26 heavy (non-hydrogen) atoms. The van der Waals surface area contributed by atoms with Crippen LogP contribution in [0.3, 0.4) is 0 Å². The maximum absolute atomic E-state index is 12.8. The van der Waals surface area contributed by atoms with E-state index in [0.29, 0.717) is 17.3 Å². The van der Waals surface area contributed by atoms with Gasteiger partial charge >= 0.3 is 0 Å². The Kier molecular flexibility index (Phi) is 5.84. The van der Waals surface area contributed by atoms with E-state index in [0.717, 1.165) is 23.4 Å². The number of hydrogen-bond donors (Lipinski definition) is 2. The number of alkyl halides is 2. The molecule has 0 fully saturated rings. The van der Waals surface area contributed by atoms with E-state index in [1.54, 1.807) is 0 Å². The van der Waals surface area contributed by atoms with Crippen LogP contribution < -0.4 is 10.0 Å². The summed E-state index contributed by atoms with van der Waals surface area (Å²) in [6.45, 7) is 4.75. The highest BCUT2D eigenvalue weighted by Crippen LogP contribution is 2.39. The zero-order chi connectivity index (χ0) is 18.8. The van der Waals surface area contributed by atoms with Crippen molar-refractivity contribution in [1.82, 2.24) is 14.3 Å². The second-order valence-corrected chi connectivity index (χ2v) is 7.52. The number of nitrogens with one attached hydrogen (secondary N) is 2. The van der Waals surface area contributed by atoms with Crippen LogP contribution in [0.2, 0.25) is 5.02 Å². The van der Waals surface area contributed by atoms with Crippen LogP contribution in [0.25, 0.3) is 0 Å². The molecule has 0 radical (unpaired) electrons. The van der Waals surface area contributed by atoms with Crippen LogP contribution in [0.15, 0.2) is 23.2 Å². The molecule has 2 N–H and O–H groups in total. The number of carbonyl (C=O) groups is 1. The van der Waals surface area contributed by atoms with Crippen LogP contribution >= 0.6 is 23.5 Å². The second-order valence-electron chi connectivity index (χ2n) is 6.29. The minimum absolute atomic E-state index is 0.259. The van der Waals surface area contributed by atoms with Gasteiger partial charge in [-0.3, -0.25) is 14.5 Å². The molecule has 5 nitrogen and oxygen atoms in total. The van der Waals surface area contributed by atoms with Crippen molar-refractivity contribution >= 4 is 35.1 Å². The largest absolute Gasteiger partial charge is 0.338 e. The number of hydrogen-bond acceptors (Lipinski definition) is 4. The van der Waals surface area contributed by atoms with E-state index < -0.39 is 12.3 Å². The summed E-state index contributed by atoms with van der Waals surface area (Å²) in [5, 5.41) is 3.04. The Hall–Kier alpha value is -1.64. The molecule has 3 heterocycles. The van der Waals surface area contributed by atoms with E-state index >= 15 is 0 Å². The molecule has 0 aromatic carbocycles. The Bertz CT molecular complexity index is 825. The van der Waals surface area contributed by atoms with Gasteiger partial charge in [0, 0.05) is 30.2 Å². The second kappa shape index (κ2) is 7.94. The summed E-state index contributed by atoms with van der Waals surface area (Å²) in [6, 6.07) is 2.90. The first kappa shape index (κ1) is 19.1. The van der Waals surface area contributed by atoms with Crippen molar-refractivity contribution in [3.05, 3.63) is 40.4 Å². The van der Waals surface area contributed by atoms with Crippen molar-refractivity contribution in [3.8, 4) is 0 Å². The summed E-state index contributed by atoms with van der Waals surface area (Å²) in [5.41, 5.74) is 1.27. The lowest BCUT2D eigenvalue weighted by atomic mass is 10.2.